The van der Waals surface area contributed by atoms with Crippen LogP contribution in [0.5, 0.6) is 11.5 Å². The first kappa shape index (κ1) is 23.3. The fourth-order valence-electron chi connectivity index (χ4n) is 3.45. The summed E-state index contributed by atoms with van der Waals surface area (Å²) in [7, 11) is 2.97. The Morgan fingerprint density at radius 2 is 1.81 bits per heavy atom. The van der Waals surface area contributed by atoms with Gasteiger partial charge in [-0.2, -0.15) is 5.10 Å². The fourth-order valence-corrected chi connectivity index (χ4v) is 3.69. The van der Waals surface area contributed by atoms with Crippen LogP contribution in [0.1, 0.15) is 30.5 Å². The maximum atomic E-state index is 13.2. The molecule has 8 heteroatoms. The molecule has 1 amide bonds. The zero-order valence-corrected chi connectivity index (χ0v) is 19.5. The van der Waals surface area contributed by atoms with Gasteiger partial charge in [-0.3, -0.25) is 9.59 Å². The van der Waals surface area contributed by atoms with Gasteiger partial charge in [-0.15, -0.1) is 0 Å². The molecule has 1 atom stereocenters. The first-order valence-electron chi connectivity index (χ1n) is 10.2. The molecule has 0 radical (unpaired) electrons. The molecule has 0 aliphatic heterocycles. The van der Waals surface area contributed by atoms with Crippen LogP contribution in [0.25, 0.3) is 11.3 Å². The molecule has 7 nitrogen and oxygen atoms in total. The molecule has 3 rings (SSSR count). The van der Waals surface area contributed by atoms with Gasteiger partial charge in [0.1, 0.15) is 17.5 Å². The van der Waals surface area contributed by atoms with Crippen molar-refractivity contribution in [1.82, 2.24) is 9.78 Å². The average Bonchev–Trinajstić information content (AvgIpc) is 2.77. The normalized spacial score (nSPS) is 11.7. The van der Waals surface area contributed by atoms with E-state index in [1.807, 2.05) is 39.0 Å². The number of nitrogens with zero attached hydrogens (tertiary/aromatic N) is 2. The molecule has 168 valence electrons. The fraction of sp³-hybridized carbons (Fsp3) is 0.292. The molecular formula is C24H26ClN3O4. The molecular weight excluding hydrogens is 430 g/mol. The van der Waals surface area contributed by atoms with Gasteiger partial charge in [0.25, 0.3) is 5.56 Å². The van der Waals surface area contributed by atoms with Gasteiger partial charge in [0.05, 0.1) is 30.6 Å². The van der Waals surface area contributed by atoms with Crippen molar-refractivity contribution in [2.75, 3.05) is 19.5 Å². The Labute approximate surface area is 191 Å². The third-order valence-electron chi connectivity index (χ3n) is 5.21. The van der Waals surface area contributed by atoms with Crippen molar-refractivity contribution in [2.24, 2.45) is 0 Å². The van der Waals surface area contributed by atoms with Crippen LogP contribution >= 0.6 is 11.6 Å². The minimum atomic E-state index is -0.821. The van der Waals surface area contributed by atoms with Crippen LogP contribution in [0, 0.1) is 13.8 Å². The number of hydrogen-bond donors (Lipinski definition) is 1. The Morgan fingerprint density at radius 3 is 2.47 bits per heavy atom. The average molecular weight is 456 g/mol. The molecule has 1 N–H and O–H groups in total. The number of amides is 1. The molecule has 1 aromatic heterocycles. The number of carbonyl (C=O) groups excluding carboxylic acids is 1. The van der Waals surface area contributed by atoms with Crippen LogP contribution in [0.15, 0.2) is 47.3 Å². The summed E-state index contributed by atoms with van der Waals surface area (Å²) in [6.45, 7) is 5.80. The lowest BCUT2D eigenvalue weighted by molar-refractivity contribution is -0.119. The molecule has 0 unspecified atom stereocenters. The molecule has 0 saturated carbocycles. The number of anilines is 1. The zero-order chi connectivity index (χ0) is 23.4. The van der Waals surface area contributed by atoms with Gasteiger partial charge in [-0.05, 0) is 44.0 Å². The van der Waals surface area contributed by atoms with Crippen LogP contribution in [-0.2, 0) is 4.79 Å². The number of ether oxygens (including phenoxy) is 2. The van der Waals surface area contributed by atoms with E-state index < -0.39 is 11.9 Å². The number of methoxy groups -OCH3 is 2. The summed E-state index contributed by atoms with van der Waals surface area (Å²) in [5, 5.41) is 7.66. The smallest absolute Gasteiger partial charge is 0.267 e. The molecule has 0 saturated heterocycles. The third kappa shape index (κ3) is 4.78. The van der Waals surface area contributed by atoms with Crippen molar-refractivity contribution in [3.05, 3.63) is 69.0 Å². The van der Waals surface area contributed by atoms with Crippen molar-refractivity contribution in [3.63, 3.8) is 0 Å². The van der Waals surface area contributed by atoms with Crippen LogP contribution in [-0.4, -0.2) is 29.9 Å². The van der Waals surface area contributed by atoms with Crippen LogP contribution in [0.2, 0.25) is 5.02 Å². The Morgan fingerprint density at radius 1 is 1.09 bits per heavy atom. The van der Waals surface area contributed by atoms with Crippen molar-refractivity contribution in [1.29, 1.82) is 0 Å². The SMILES string of the molecule is CC[C@@H](C(=O)Nc1cc(Cl)c(OC)cc1OC)n1nc(-c2cc(C)ccc2C)ccc1=O. The van der Waals surface area contributed by atoms with Gasteiger partial charge >= 0.3 is 0 Å². The van der Waals surface area contributed by atoms with Crippen molar-refractivity contribution >= 4 is 23.2 Å². The van der Waals surface area contributed by atoms with E-state index in [4.69, 9.17) is 21.1 Å². The molecule has 0 aliphatic carbocycles. The lowest BCUT2D eigenvalue weighted by atomic mass is 10.0. The number of aryl methyl sites for hydroxylation is 2. The molecule has 32 heavy (non-hydrogen) atoms. The van der Waals surface area contributed by atoms with Crippen LogP contribution in [0.3, 0.4) is 0 Å². The number of nitrogens with one attached hydrogen (secondary N) is 1. The molecule has 1 heterocycles. The second-order valence-electron chi connectivity index (χ2n) is 7.42. The van der Waals surface area contributed by atoms with Crippen LogP contribution < -0.4 is 20.3 Å². The zero-order valence-electron chi connectivity index (χ0n) is 18.7. The maximum Gasteiger partial charge on any atom is 0.267 e. The number of halogens is 1. The van der Waals surface area contributed by atoms with Gasteiger partial charge in [-0.1, -0.05) is 36.2 Å². The highest BCUT2D eigenvalue weighted by atomic mass is 35.5. The molecule has 0 bridgehead atoms. The maximum absolute atomic E-state index is 13.2. The third-order valence-corrected chi connectivity index (χ3v) is 5.51. The second-order valence-corrected chi connectivity index (χ2v) is 7.83. The number of aromatic nitrogens is 2. The topological polar surface area (TPSA) is 82.4 Å². The Bertz CT molecular complexity index is 1210. The number of benzene rings is 2. The van der Waals surface area contributed by atoms with E-state index in [2.05, 4.69) is 10.4 Å². The van der Waals surface area contributed by atoms with E-state index in [1.54, 1.807) is 18.2 Å². The summed E-state index contributed by atoms with van der Waals surface area (Å²) in [4.78, 5) is 25.8. The minimum absolute atomic E-state index is 0.323. The summed E-state index contributed by atoms with van der Waals surface area (Å²) < 4.78 is 11.8. The monoisotopic (exact) mass is 455 g/mol. The first-order valence-corrected chi connectivity index (χ1v) is 10.6. The highest BCUT2D eigenvalue weighted by molar-refractivity contribution is 6.32. The molecule has 0 spiro atoms. The van der Waals surface area contributed by atoms with Crippen molar-refractivity contribution in [3.8, 4) is 22.8 Å². The Kier molecular flexibility index (Phi) is 7.20. The second kappa shape index (κ2) is 9.87. The standard InChI is InChI=1S/C24H26ClN3O4/c1-6-20(24(30)26-19-12-17(25)21(31-4)13-22(19)32-5)28-23(29)10-9-18(27-28)16-11-14(2)7-8-15(16)3/h7-13,20H,6H2,1-5H3,(H,26,30)/t20-/m0/s1. The van der Waals surface area contributed by atoms with Crippen molar-refractivity contribution in [2.45, 2.75) is 33.2 Å². The molecule has 2 aromatic carbocycles. The predicted octanol–water partition coefficient (Wildman–Crippen LogP) is 4.79. The highest BCUT2D eigenvalue weighted by Gasteiger charge is 2.23. The highest BCUT2D eigenvalue weighted by Crippen LogP contribution is 2.36. The van der Waals surface area contributed by atoms with Gasteiger partial charge in [0, 0.05) is 17.7 Å². The van der Waals surface area contributed by atoms with E-state index in [0.717, 1.165) is 16.7 Å². The van der Waals surface area contributed by atoms with E-state index in [0.29, 0.717) is 34.3 Å². The Balaban J connectivity index is 1.98. The van der Waals surface area contributed by atoms with E-state index in [-0.39, 0.29) is 5.56 Å². The lowest BCUT2D eigenvalue weighted by Gasteiger charge is -2.19. The number of rotatable bonds is 7. The van der Waals surface area contributed by atoms with Crippen LogP contribution in [0.4, 0.5) is 5.69 Å². The van der Waals surface area contributed by atoms with E-state index in [1.165, 1.54) is 25.0 Å². The van der Waals surface area contributed by atoms with Gasteiger partial charge in [0.15, 0.2) is 0 Å². The summed E-state index contributed by atoms with van der Waals surface area (Å²) in [6.07, 6.45) is 0.362. The molecule has 0 fully saturated rings. The van der Waals surface area contributed by atoms with Gasteiger partial charge in [0.2, 0.25) is 5.91 Å². The Hall–Kier alpha value is -3.32. The summed E-state index contributed by atoms with van der Waals surface area (Å²) in [6, 6.07) is 11.5. The minimum Gasteiger partial charge on any atom is -0.495 e. The first-order chi connectivity index (χ1) is 15.3. The van der Waals surface area contributed by atoms with Crippen molar-refractivity contribution < 1.29 is 14.3 Å². The summed E-state index contributed by atoms with van der Waals surface area (Å²) >= 11 is 6.21. The molecule has 3 aromatic rings. The quantitative estimate of drug-likeness (QED) is 0.554. The van der Waals surface area contributed by atoms with E-state index in [9.17, 15) is 9.59 Å². The number of hydrogen-bond acceptors (Lipinski definition) is 5. The van der Waals surface area contributed by atoms with Gasteiger partial charge in [-0.25, -0.2) is 4.68 Å². The van der Waals surface area contributed by atoms with Gasteiger partial charge < -0.3 is 14.8 Å². The number of carbonyl (C=O) groups is 1. The molecule has 0 aliphatic rings. The summed E-state index contributed by atoms with van der Waals surface area (Å²) in [5.74, 6) is 0.409. The largest absolute Gasteiger partial charge is 0.495 e. The predicted molar refractivity (Wildman–Crippen MR) is 126 cm³/mol. The lowest BCUT2D eigenvalue weighted by Crippen LogP contribution is -2.34. The summed E-state index contributed by atoms with van der Waals surface area (Å²) in [5.41, 5.74) is 3.67. The van der Waals surface area contributed by atoms with E-state index >= 15 is 0 Å².